The van der Waals surface area contributed by atoms with E-state index in [1.165, 1.54) is 21.7 Å². The molecule has 28 heavy (non-hydrogen) atoms. The minimum absolute atomic E-state index is 0.0641. The number of carbonyl (C=O) groups excluding carboxylic acids is 1. The molecule has 1 aliphatic rings. The first kappa shape index (κ1) is 19.2. The van der Waals surface area contributed by atoms with Crippen molar-refractivity contribution in [3.8, 4) is 10.8 Å². The molecule has 0 aromatic carbocycles. The molecule has 12 heteroatoms. The van der Waals surface area contributed by atoms with E-state index in [2.05, 4.69) is 20.5 Å². The van der Waals surface area contributed by atoms with Gasteiger partial charge in [0.05, 0.1) is 10.7 Å². The zero-order chi connectivity index (χ0) is 19.9. The van der Waals surface area contributed by atoms with E-state index in [4.69, 9.17) is 4.42 Å². The maximum atomic E-state index is 12.8. The van der Waals surface area contributed by atoms with E-state index < -0.39 is 22.0 Å². The van der Waals surface area contributed by atoms with Crippen molar-refractivity contribution in [2.45, 2.75) is 36.9 Å². The molecule has 148 valence electrons. The molecule has 3 aromatic heterocycles. The monoisotopic (exact) mass is 439 g/mol. The molecule has 1 amide bonds. The number of aromatic nitrogens is 3. The standard InChI is InChI=1S/C16H17N5O4S3/c1-9-13(27-10(2)17-9)15-19-20-16(25-15)18-14(22)11-5-3-7-21(11)28(23,24)12-6-4-8-26-12/h4,6,8,11H,3,5,7H2,1-2H3,(H,18,20,22)/t11-/m0/s1. The number of nitrogens with zero attached hydrogens (tertiary/aromatic N) is 4. The molecule has 0 bridgehead atoms. The molecule has 0 aliphatic carbocycles. The van der Waals surface area contributed by atoms with Crippen LogP contribution in [0.15, 0.2) is 26.1 Å². The van der Waals surface area contributed by atoms with Crippen LogP contribution in [0.1, 0.15) is 23.5 Å². The predicted octanol–water partition coefficient (Wildman–Crippen LogP) is 2.66. The van der Waals surface area contributed by atoms with Crippen LogP contribution in [0.25, 0.3) is 10.8 Å². The third kappa shape index (κ3) is 3.48. The maximum absolute atomic E-state index is 12.8. The Labute approximate surface area is 169 Å². The Balaban J connectivity index is 1.51. The number of thiophene rings is 1. The molecule has 4 heterocycles. The summed E-state index contributed by atoms with van der Waals surface area (Å²) in [6, 6.07) is 2.34. The minimum Gasteiger partial charge on any atom is -0.402 e. The highest BCUT2D eigenvalue weighted by atomic mass is 32.2. The molecule has 0 saturated carbocycles. The van der Waals surface area contributed by atoms with Gasteiger partial charge in [0, 0.05) is 6.54 Å². The molecule has 0 unspecified atom stereocenters. The van der Waals surface area contributed by atoms with Crippen LogP contribution in [0.3, 0.4) is 0 Å². The number of aryl methyl sites for hydroxylation is 2. The van der Waals surface area contributed by atoms with Gasteiger partial charge in [0.2, 0.25) is 5.91 Å². The molecule has 3 aromatic rings. The van der Waals surface area contributed by atoms with E-state index in [1.807, 2.05) is 13.8 Å². The number of hydrogen-bond acceptors (Lipinski definition) is 9. The van der Waals surface area contributed by atoms with E-state index in [-0.39, 0.29) is 16.1 Å². The minimum atomic E-state index is -3.70. The summed E-state index contributed by atoms with van der Waals surface area (Å²) in [6.45, 7) is 4.02. The van der Waals surface area contributed by atoms with Crippen molar-refractivity contribution in [2.24, 2.45) is 0 Å². The maximum Gasteiger partial charge on any atom is 0.322 e. The lowest BCUT2D eigenvalue weighted by Gasteiger charge is -2.21. The second-order valence-corrected chi connectivity index (χ2v) is 10.5. The van der Waals surface area contributed by atoms with Gasteiger partial charge in [-0.25, -0.2) is 13.4 Å². The fourth-order valence-corrected chi connectivity index (χ4v) is 6.72. The van der Waals surface area contributed by atoms with Gasteiger partial charge in [-0.15, -0.1) is 27.8 Å². The van der Waals surface area contributed by atoms with Crippen molar-refractivity contribution in [2.75, 3.05) is 11.9 Å². The molecule has 9 nitrogen and oxygen atoms in total. The first-order chi connectivity index (χ1) is 13.4. The fraction of sp³-hybridized carbons (Fsp3) is 0.375. The lowest BCUT2D eigenvalue weighted by molar-refractivity contribution is -0.119. The normalized spacial score (nSPS) is 17.9. The number of hydrogen-bond donors (Lipinski definition) is 1. The molecule has 4 rings (SSSR count). The van der Waals surface area contributed by atoms with Crippen molar-refractivity contribution < 1.29 is 17.6 Å². The average Bonchev–Trinajstić information content (AvgIpc) is 3.42. The van der Waals surface area contributed by atoms with Gasteiger partial charge in [0.25, 0.3) is 15.9 Å². The van der Waals surface area contributed by atoms with Crippen LogP contribution in [0, 0.1) is 13.8 Å². The molecule has 0 radical (unpaired) electrons. The summed E-state index contributed by atoms with van der Waals surface area (Å²) in [6.07, 6.45) is 1.04. The third-order valence-electron chi connectivity index (χ3n) is 4.32. The predicted molar refractivity (Wildman–Crippen MR) is 105 cm³/mol. The summed E-state index contributed by atoms with van der Waals surface area (Å²) in [5.41, 5.74) is 0.771. The van der Waals surface area contributed by atoms with Gasteiger partial charge in [-0.05, 0) is 38.1 Å². The summed E-state index contributed by atoms with van der Waals surface area (Å²) < 4.78 is 32.6. The van der Waals surface area contributed by atoms with Crippen LogP contribution in [0.2, 0.25) is 0 Å². The highest BCUT2D eigenvalue weighted by molar-refractivity contribution is 7.91. The van der Waals surface area contributed by atoms with Gasteiger partial charge >= 0.3 is 6.01 Å². The molecule has 1 atom stereocenters. The van der Waals surface area contributed by atoms with E-state index in [9.17, 15) is 13.2 Å². The number of sulfonamides is 1. The molecule has 1 saturated heterocycles. The summed E-state index contributed by atoms with van der Waals surface area (Å²) in [4.78, 5) is 17.8. The van der Waals surface area contributed by atoms with Crippen LogP contribution in [0.4, 0.5) is 6.01 Å². The van der Waals surface area contributed by atoms with Crippen LogP contribution in [-0.2, 0) is 14.8 Å². The molecular weight excluding hydrogens is 422 g/mol. The van der Waals surface area contributed by atoms with Gasteiger partial charge in [-0.2, -0.15) is 4.31 Å². The SMILES string of the molecule is Cc1nc(C)c(-c2nnc(NC(=O)[C@@H]3CCCN3S(=O)(=O)c3cccs3)o2)s1. The zero-order valence-corrected chi connectivity index (χ0v) is 17.5. The molecule has 1 aliphatic heterocycles. The van der Waals surface area contributed by atoms with Gasteiger partial charge in [0.1, 0.15) is 15.1 Å². The fourth-order valence-electron chi connectivity index (χ4n) is 3.10. The highest BCUT2D eigenvalue weighted by Crippen LogP contribution is 2.31. The topological polar surface area (TPSA) is 118 Å². The van der Waals surface area contributed by atoms with Gasteiger partial charge in [-0.3, -0.25) is 10.1 Å². The van der Waals surface area contributed by atoms with Crippen LogP contribution >= 0.6 is 22.7 Å². The van der Waals surface area contributed by atoms with Gasteiger partial charge in [-0.1, -0.05) is 11.2 Å². The number of thiazole rings is 1. The second-order valence-electron chi connectivity index (χ2n) is 6.25. The van der Waals surface area contributed by atoms with Crippen molar-refractivity contribution in [1.82, 2.24) is 19.5 Å². The molecule has 1 fully saturated rings. The van der Waals surface area contributed by atoms with Gasteiger partial charge < -0.3 is 4.42 Å². The quantitative estimate of drug-likeness (QED) is 0.649. The zero-order valence-electron chi connectivity index (χ0n) is 15.1. The van der Waals surface area contributed by atoms with Crippen molar-refractivity contribution >= 4 is 44.6 Å². The van der Waals surface area contributed by atoms with Gasteiger partial charge in [0.15, 0.2) is 0 Å². The van der Waals surface area contributed by atoms with Crippen LogP contribution < -0.4 is 5.32 Å². The first-order valence-corrected chi connectivity index (χ1v) is 11.6. The van der Waals surface area contributed by atoms with E-state index in [0.717, 1.165) is 26.9 Å². The molecule has 1 N–H and O–H groups in total. The van der Waals surface area contributed by atoms with Crippen LogP contribution in [-0.4, -0.2) is 46.4 Å². The Morgan fingerprint density at radius 1 is 1.36 bits per heavy atom. The number of amides is 1. The average molecular weight is 440 g/mol. The molecular formula is C16H17N5O4S3. The van der Waals surface area contributed by atoms with Crippen LogP contribution in [0.5, 0.6) is 0 Å². The number of carbonyl (C=O) groups is 1. The van der Waals surface area contributed by atoms with Crippen molar-refractivity contribution in [1.29, 1.82) is 0 Å². The smallest absolute Gasteiger partial charge is 0.322 e. The summed E-state index contributed by atoms with van der Waals surface area (Å²) in [7, 11) is -3.70. The van der Waals surface area contributed by atoms with E-state index >= 15 is 0 Å². The summed E-state index contributed by atoms with van der Waals surface area (Å²) in [5, 5.41) is 12.9. The number of anilines is 1. The second kappa shape index (κ2) is 7.35. The summed E-state index contributed by atoms with van der Waals surface area (Å²) >= 11 is 2.55. The Kier molecular flexibility index (Phi) is 5.04. The largest absolute Gasteiger partial charge is 0.402 e. The first-order valence-electron chi connectivity index (χ1n) is 8.50. The van der Waals surface area contributed by atoms with E-state index in [0.29, 0.717) is 19.4 Å². The van der Waals surface area contributed by atoms with Crippen molar-refractivity contribution in [3.05, 3.63) is 28.2 Å². The lowest BCUT2D eigenvalue weighted by atomic mass is 10.2. The highest BCUT2D eigenvalue weighted by Gasteiger charge is 2.40. The lowest BCUT2D eigenvalue weighted by Crippen LogP contribution is -2.42. The molecule has 0 spiro atoms. The number of rotatable bonds is 5. The van der Waals surface area contributed by atoms with E-state index in [1.54, 1.807) is 11.4 Å². The Hall–Kier alpha value is -2.15. The summed E-state index contributed by atoms with van der Waals surface area (Å²) in [5.74, 6) is -0.210. The Bertz CT molecular complexity index is 1100. The van der Waals surface area contributed by atoms with Crippen molar-refractivity contribution in [3.63, 3.8) is 0 Å². The Morgan fingerprint density at radius 2 is 2.18 bits per heavy atom. The third-order valence-corrected chi connectivity index (χ3v) is 8.66. The Morgan fingerprint density at radius 3 is 2.86 bits per heavy atom. The number of nitrogens with one attached hydrogen (secondary N) is 1.